The van der Waals surface area contributed by atoms with Gasteiger partial charge in [-0.05, 0) is 30.7 Å². The number of aromatic nitrogens is 1. The molecule has 0 spiro atoms. The Hall–Kier alpha value is -2.73. The highest BCUT2D eigenvalue weighted by atomic mass is 16.4. The first kappa shape index (κ1) is 14.7. The van der Waals surface area contributed by atoms with Gasteiger partial charge >= 0.3 is 5.97 Å². The first-order valence-corrected chi connectivity index (χ1v) is 6.28. The standard InChI is InChI=1S/C15H15N3O3/c1-9(16)13-10(8-19)7-12(15(20)21)18-14(13)17-11-5-3-2-4-6-11/h2-7,16,19H,8H2,1H3,(H,17,18)(H,20,21). The van der Waals surface area contributed by atoms with E-state index in [1.54, 1.807) is 19.1 Å². The Morgan fingerprint density at radius 2 is 2.00 bits per heavy atom. The van der Waals surface area contributed by atoms with Gasteiger partial charge in [-0.2, -0.15) is 0 Å². The van der Waals surface area contributed by atoms with Gasteiger partial charge in [-0.3, -0.25) is 0 Å². The summed E-state index contributed by atoms with van der Waals surface area (Å²) in [5, 5.41) is 29.3. The summed E-state index contributed by atoms with van der Waals surface area (Å²) >= 11 is 0. The van der Waals surface area contributed by atoms with Crippen molar-refractivity contribution in [1.29, 1.82) is 5.41 Å². The zero-order valence-corrected chi connectivity index (χ0v) is 11.4. The third-order valence-corrected chi connectivity index (χ3v) is 2.90. The molecular formula is C15H15N3O3. The van der Waals surface area contributed by atoms with E-state index in [1.165, 1.54) is 6.07 Å². The lowest BCUT2D eigenvalue weighted by Crippen LogP contribution is -2.12. The van der Waals surface area contributed by atoms with Crippen LogP contribution in [-0.4, -0.2) is 26.9 Å². The Bertz CT molecular complexity index is 684. The highest BCUT2D eigenvalue weighted by Gasteiger charge is 2.17. The second kappa shape index (κ2) is 6.15. The van der Waals surface area contributed by atoms with Crippen LogP contribution in [0.4, 0.5) is 11.5 Å². The Morgan fingerprint density at radius 1 is 1.33 bits per heavy atom. The highest BCUT2D eigenvalue weighted by Crippen LogP contribution is 2.24. The smallest absolute Gasteiger partial charge is 0.354 e. The van der Waals surface area contributed by atoms with Gasteiger partial charge < -0.3 is 20.9 Å². The minimum Gasteiger partial charge on any atom is -0.477 e. The molecule has 1 heterocycles. The van der Waals surface area contributed by atoms with Crippen molar-refractivity contribution in [2.75, 3.05) is 5.32 Å². The zero-order chi connectivity index (χ0) is 15.4. The van der Waals surface area contributed by atoms with Crippen molar-refractivity contribution < 1.29 is 15.0 Å². The molecule has 0 saturated heterocycles. The normalized spacial score (nSPS) is 10.2. The largest absolute Gasteiger partial charge is 0.477 e. The van der Waals surface area contributed by atoms with Crippen LogP contribution in [0.3, 0.4) is 0 Å². The number of aliphatic hydroxyl groups excluding tert-OH is 1. The first-order valence-electron chi connectivity index (χ1n) is 6.28. The van der Waals surface area contributed by atoms with Crippen LogP contribution in [-0.2, 0) is 6.61 Å². The van der Waals surface area contributed by atoms with E-state index in [-0.39, 0.29) is 23.8 Å². The van der Waals surface area contributed by atoms with Crippen LogP contribution in [0.15, 0.2) is 36.4 Å². The molecule has 0 fully saturated rings. The molecule has 1 aromatic carbocycles. The summed E-state index contributed by atoms with van der Waals surface area (Å²) in [4.78, 5) is 15.2. The van der Waals surface area contributed by atoms with Gasteiger partial charge in [0.1, 0.15) is 5.82 Å². The van der Waals surface area contributed by atoms with Crippen LogP contribution < -0.4 is 5.32 Å². The van der Waals surface area contributed by atoms with E-state index in [1.807, 2.05) is 18.2 Å². The van der Waals surface area contributed by atoms with E-state index >= 15 is 0 Å². The van der Waals surface area contributed by atoms with Gasteiger partial charge in [0.05, 0.1) is 6.61 Å². The maximum absolute atomic E-state index is 11.1. The molecule has 4 N–H and O–H groups in total. The molecule has 2 aromatic rings. The molecule has 0 amide bonds. The number of hydrogen-bond donors (Lipinski definition) is 4. The van der Waals surface area contributed by atoms with Crippen LogP contribution in [0.5, 0.6) is 0 Å². The molecule has 0 bridgehead atoms. The molecule has 6 heteroatoms. The van der Waals surface area contributed by atoms with Crippen LogP contribution in [0.1, 0.15) is 28.5 Å². The van der Waals surface area contributed by atoms with E-state index in [9.17, 15) is 9.90 Å². The van der Waals surface area contributed by atoms with Gasteiger partial charge in [0.25, 0.3) is 0 Å². The average Bonchev–Trinajstić information content (AvgIpc) is 2.47. The van der Waals surface area contributed by atoms with Gasteiger partial charge in [-0.15, -0.1) is 0 Å². The number of aromatic carboxylic acids is 1. The van der Waals surface area contributed by atoms with Gasteiger partial charge in [-0.25, -0.2) is 9.78 Å². The van der Waals surface area contributed by atoms with Crippen molar-refractivity contribution in [3.63, 3.8) is 0 Å². The number of rotatable bonds is 5. The molecule has 0 aliphatic heterocycles. The predicted molar refractivity (Wildman–Crippen MR) is 79.3 cm³/mol. The fourth-order valence-electron chi connectivity index (χ4n) is 2.00. The molecular weight excluding hydrogens is 270 g/mol. The summed E-state index contributed by atoms with van der Waals surface area (Å²) in [6.45, 7) is 1.20. The highest BCUT2D eigenvalue weighted by molar-refractivity contribution is 6.03. The van der Waals surface area contributed by atoms with Crippen LogP contribution in [0.2, 0.25) is 0 Å². The van der Waals surface area contributed by atoms with Crippen molar-refractivity contribution in [1.82, 2.24) is 4.98 Å². The molecule has 0 radical (unpaired) electrons. The lowest BCUT2D eigenvalue weighted by Gasteiger charge is -2.14. The number of nitrogens with zero attached hydrogens (tertiary/aromatic N) is 1. The average molecular weight is 285 g/mol. The number of carboxylic acid groups (broad SMARTS) is 1. The Kier molecular flexibility index (Phi) is 4.30. The molecule has 21 heavy (non-hydrogen) atoms. The number of anilines is 2. The monoisotopic (exact) mass is 285 g/mol. The van der Waals surface area contributed by atoms with Crippen molar-refractivity contribution in [2.24, 2.45) is 0 Å². The third-order valence-electron chi connectivity index (χ3n) is 2.90. The molecule has 0 unspecified atom stereocenters. The molecule has 2 rings (SSSR count). The molecule has 6 nitrogen and oxygen atoms in total. The fourth-order valence-corrected chi connectivity index (χ4v) is 2.00. The number of hydrogen-bond acceptors (Lipinski definition) is 5. The number of aliphatic hydroxyl groups is 1. The third kappa shape index (κ3) is 3.24. The minimum absolute atomic E-state index is 0.178. The number of nitrogens with one attached hydrogen (secondary N) is 2. The quantitative estimate of drug-likeness (QED) is 0.631. The summed E-state index contributed by atoms with van der Waals surface area (Å²) < 4.78 is 0. The number of carboxylic acids is 1. The second-order valence-corrected chi connectivity index (χ2v) is 4.47. The maximum Gasteiger partial charge on any atom is 0.354 e. The summed E-state index contributed by atoms with van der Waals surface area (Å²) in [5.74, 6) is -0.937. The van der Waals surface area contributed by atoms with Crippen LogP contribution >= 0.6 is 0 Å². The van der Waals surface area contributed by atoms with Gasteiger partial charge in [0, 0.05) is 17.0 Å². The zero-order valence-electron chi connectivity index (χ0n) is 11.4. The van der Waals surface area contributed by atoms with Crippen molar-refractivity contribution >= 4 is 23.2 Å². The predicted octanol–water partition coefficient (Wildman–Crippen LogP) is 2.40. The molecule has 0 aliphatic rings. The van der Waals surface area contributed by atoms with Crippen molar-refractivity contribution in [3.8, 4) is 0 Å². The number of pyridine rings is 1. The Labute approximate surface area is 121 Å². The van der Waals surface area contributed by atoms with Gasteiger partial charge in [0.2, 0.25) is 0 Å². The SMILES string of the molecule is CC(=N)c1c(CO)cc(C(=O)O)nc1Nc1ccccc1. The summed E-state index contributed by atoms with van der Waals surface area (Å²) in [5.41, 5.74) is 1.50. The molecule has 1 aromatic heterocycles. The topological polar surface area (TPSA) is 106 Å². The molecule has 0 atom stereocenters. The van der Waals surface area contributed by atoms with E-state index in [0.29, 0.717) is 11.1 Å². The lowest BCUT2D eigenvalue weighted by atomic mass is 10.0. The number of carbonyl (C=O) groups is 1. The van der Waals surface area contributed by atoms with Crippen molar-refractivity contribution in [3.05, 3.63) is 53.2 Å². The Morgan fingerprint density at radius 3 is 2.52 bits per heavy atom. The first-order chi connectivity index (χ1) is 10.0. The lowest BCUT2D eigenvalue weighted by molar-refractivity contribution is 0.0690. The van der Waals surface area contributed by atoms with E-state index in [2.05, 4.69) is 10.3 Å². The Balaban J connectivity index is 2.57. The number of para-hydroxylation sites is 1. The summed E-state index contributed by atoms with van der Waals surface area (Å²) in [7, 11) is 0. The van der Waals surface area contributed by atoms with Crippen LogP contribution in [0.25, 0.3) is 0 Å². The van der Waals surface area contributed by atoms with Gasteiger partial charge in [-0.1, -0.05) is 18.2 Å². The number of benzene rings is 1. The van der Waals surface area contributed by atoms with E-state index < -0.39 is 5.97 Å². The van der Waals surface area contributed by atoms with Crippen LogP contribution in [0, 0.1) is 5.41 Å². The van der Waals surface area contributed by atoms with E-state index in [0.717, 1.165) is 5.69 Å². The molecule has 0 aliphatic carbocycles. The van der Waals surface area contributed by atoms with E-state index in [4.69, 9.17) is 10.5 Å². The van der Waals surface area contributed by atoms with Crippen molar-refractivity contribution in [2.45, 2.75) is 13.5 Å². The summed E-state index contributed by atoms with van der Waals surface area (Å²) in [6, 6.07) is 10.4. The second-order valence-electron chi connectivity index (χ2n) is 4.47. The maximum atomic E-state index is 11.1. The molecule has 0 saturated carbocycles. The molecule has 108 valence electrons. The van der Waals surface area contributed by atoms with Gasteiger partial charge in [0.15, 0.2) is 5.69 Å². The summed E-state index contributed by atoms with van der Waals surface area (Å²) in [6.07, 6.45) is 0. The minimum atomic E-state index is -1.19. The fraction of sp³-hybridized carbons (Fsp3) is 0.133.